The van der Waals surface area contributed by atoms with Crippen molar-refractivity contribution >= 4 is 28.9 Å². The van der Waals surface area contributed by atoms with Crippen molar-refractivity contribution in [3.8, 4) is 5.75 Å². The molecule has 0 atom stereocenters. The maximum atomic E-state index is 12.2. The minimum absolute atomic E-state index is 0.00610. The van der Waals surface area contributed by atoms with E-state index in [9.17, 15) is 4.79 Å². The van der Waals surface area contributed by atoms with Crippen molar-refractivity contribution < 1.29 is 9.53 Å². The van der Waals surface area contributed by atoms with Crippen molar-refractivity contribution in [1.82, 2.24) is 25.1 Å². The highest BCUT2D eigenvalue weighted by Gasteiger charge is 2.20. The van der Waals surface area contributed by atoms with Gasteiger partial charge >= 0.3 is 0 Å². The van der Waals surface area contributed by atoms with Crippen LogP contribution in [-0.2, 0) is 11.3 Å². The van der Waals surface area contributed by atoms with Gasteiger partial charge in [0.25, 0.3) is 5.91 Å². The number of thiocarbonyl (C=S) groups is 1. The van der Waals surface area contributed by atoms with Gasteiger partial charge in [0.15, 0.2) is 11.7 Å². The first-order valence-corrected chi connectivity index (χ1v) is 11.9. The quantitative estimate of drug-likeness (QED) is 0.287. The zero-order valence-electron chi connectivity index (χ0n) is 19.3. The molecular weight excluding hydrogens is 438 g/mol. The van der Waals surface area contributed by atoms with Crippen LogP contribution < -0.4 is 26.4 Å². The topological polar surface area (TPSA) is 109 Å². The minimum Gasteiger partial charge on any atom is -0.484 e. The van der Waals surface area contributed by atoms with Gasteiger partial charge in [-0.3, -0.25) is 4.79 Å². The molecule has 180 valence electrons. The van der Waals surface area contributed by atoms with E-state index < -0.39 is 0 Å². The third-order valence-corrected chi connectivity index (χ3v) is 5.91. The van der Waals surface area contributed by atoms with E-state index in [0.717, 1.165) is 63.4 Å². The molecule has 1 aromatic heterocycles. The summed E-state index contributed by atoms with van der Waals surface area (Å²) in [5.41, 5.74) is 7.61. The summed E-state index contributed by atoms with van der Waals surface area (Å²) in [5.74, 6) is 0.550. The maximum Gasteiger partial charge on any atom is 0.258 e. The number of likely N-dealkylation sites (tertiary alicyclic amines) is 1. The fraction of sp³-hybridized carbons (Fsp3) is 0.522. The van der Waals surface area contributed by atoms with E-state index in [2.05, 4.69) is 30.4 Å². The number of anilines is 1. The summed E-state index contributed by atoms with van der Waals surface area (Å²) >= 11 is 5.36. The lowest BCUT2D eigenvalue weighted by Gasteiger charge is -2.31. The molecule has 0 aliphatic carbocycles. The molecule has 0 unspecified atom stereocenters. The molecule has 1 aliphatic heterocycles. The first kappa shape index (κ1) is 24.9. The number of hydrogen-bond donors (Lipinski definition) is 4. The second kappa shape index (κ2) is 13.1. The predicted molar refractivity (Wildman–Crippen MR) is 134 cm³/mol. The molecule has 1 aliphatic rings. The van der Waals surface area contributed by atoms with Crippen LogP contribution in [0.3, 0.4) is 0 Å². The van der Waals surface area contributed by atoms with Crippen molar-refractivity contribution in [2.24, 2.45) is 5.73 Å². The average Bonchev–Trinajstić information content (AvgIpc) is 3.22. The van der Waals surface area contributed by atoms with E-state index in [4.69, 9.17) is 22.7 Å². The predicted octanol–water partition coefficient (Wildman–Crippen LogP) is 1.49. The summed E-state index contributed by atoms with van der Waals surface area (Å²) in [6.07, 6.45) is 6.53. The van der Waals surface area contributed by atoms with Crippen LogP contribution in [-0.4, -0.2) is 70.8 Å². The lowest BCUT2D eigenvalue weighted by molar-refractivity contribution is -0.124. The van der Waals surface area contributed by atoms with Gasteiger partial charge in [-0.15, -0.1) is 0 Å². The Morgan fingerprint density at radius 2 is 2.00 bits per heavy atom. The molecule has 10 heteroatoms. The number of aryl methyl sites for hydroxylation is 2. The van der Waals surface area contributed by atoms with Crippen LogP contribution in [0.2, 0.25) is 0 Å². The maximum absolute atomic E-state index is 12.2. The normalized spacial score (nSPS) is 14.6. The Morgan fingerprint density at radius 1 is 1.24 bits per heavy atom. The first-order chi connectivity index (χ1) is 16.0. The van der Waals surface area contributed by atoms with E-state index in [0.29, 0.717) is 17.4 Å². The summed E-state index contributed by atoms with van der Waals surface area (Å²) in [4.78, 5) is 18.7. The van der Waals surface area contributed by atoms with Gasteiger partial charge in [-0.1, -0.05) is 0 Å². The van der Waals surface area contributed by atoms with Gasteiger partial charge in [-0.25, -0.2) is 4.98 Å². The second-order valence-corrected chi connectivity index (χ2v) is 8.66. The van der Waals surface area contributed by atoms with Crippen LogP contribution in [0.1, 0.15) is 25.0 Å². The molecule has 3 rings (SSSR count). The molecule has 9 nitrogen and oxygen atoms in total. The fourth-order valence-corrected chi connectivity index (χ4v) is 4.00. The van der Waals surface area contributed by atoms with Crippen LogP contribution in [0, 0.1) is 6.92 Å². The van der Waals surface area contributed by atoms with Gasteiger partial charge in [-0.05, 0) is 62.7 Å². The largest absolute Gasteiger partial charge is 0.484 e. The number of nitrogens with two attached hydrogens (primary N) is 1. The Labute approximate surface area is 201 Å². The van der Waals surface area contributed by atoms with Gasteiger partial charge in [0.1, 0.15) is 5.75 Å². The monoisotopic (exact) mass is 473 g/mol. The Hall–Kier alpha value is -2.69. The van der Waals surface area contributed by atoms with Gasteiger partial charge < -0.3 is 35.9 Å². The molecule has 2 heterocycles. The summed E-state index contributed by atoms with van der Waals surface area (Å²) in [6, 6.07) is 7.61. The lowest BCUT2D eigenvalue weighted by atomic mass is 10.1. The van der Waals surface area contributed by atoms with Crippen LogP contribution in [0.4, 0.5) is 5.69 Å². The Balaban J connectivity index is 1.29. The molecule has 1 amide bonds. The highest BCUT2D eigenvalue weighted by atomic mass is 32.1. The third kappa shape index (κ3) is 8.64. The standard InChI is InChI=1S/C23H35N7O2S/c1-18-15-25-17-30(18)11-2-10-26-23(33)28-19-3-5-21(6-4-19)32-16-22(31)27-20-7-12-29(13-8-20)14-9-24/h3-6,15,17,20H,2,7-14,16,24H2,1H3,(H,27,31)(H2,26,28,33). The van der Waals surface area contributed by atoms with E-state index in [1.165, 1.54) is 0 Å². The smallest absolute Gasteiger partial charge is 0.258 e. The van der Waals surface area contributed by atoms with Crippen molar-refractivity contribution in [1.29, 1.82) is 0 Å². The Kier molecular flexibility index (Phi) is 9.92. The summed E-state index contributed by atoms with van der Waals surface area (Å²) < 4.78 is 7.75. The third-order valence-electron chi connectivity index (χ3n) is 5.66. The number of aromatic nitrogens is 2. The molecule has 1 saturated heterocycles. The highest BCUT2D eigenvalue weighted by Crippen LogP contribution is 2.16. The number of nitrogens with one attached hydrogen (secondary N) is 3. The molecule has 0 bridgehead atoms. The van der Waals surface area contributed by atoms with Gasteiger partial charge in [0, 0.05) is 62.9 Å². The van der Waals surface area contributed by atoms with Crippen LogP contribution in [0.25, 0.3) is 0 Å². The molecule has 5 N–H and O–H groups in total. The number of rotatable bonds is 11. The van der Waals surface area contributed by atoms with E-state index in [1.807, 2.05) is 43.7 Å². The number of hydrogen-bond acceptors (Lipinski definition) is 6. The molecule has 2 aromatic rings. The van der Waals surface area contributed by atoms with Gasteiger partial charge in [0.05, 0.1) is 6.33 Å². The van der Waals surface area contributed by atoms with Crippen molar-refractivity contribution in [2.45, 2.75) is 38.8 Å². The van der Waals surface area contributed by atoms with Crippen LogP contribution in [0.5, 0.6) is 5.75 Å². The number of amides is 1. The first-order valence-electron chi connectivity index (χ1n) is 11.5. The number of nitrogens with zero attached hydrogens (tertiary/aromatic N) is 3. The number of ether oxygens (including phenoxy) is 1. The molecule has 1 aromatic carbocycles. The Bertz CT molecular complexity index is 879. The summed E-state index contributed by atoms with van der Waals surface area (Å²) in [6.45, 7) is 7.25. The molecule has 33 heavy (non-hydrogen) atoms. The Morgan fingerprint density at radius 3 is 2.67 bits per heavy atom. The van der Waals surface area contributed by atoms with E-state index in [1.54, 1.807) is 0 Å². The molecule has 0 radical (unpaired) electrons. The van der Waals surface area contributed by atoms with Crippen LogP contribution >= 0.6 is 12.2 Å². The molecule has 0 saturated carbocycles. The summed E-state index contributed by atoms with van der Waals surface area (Å²) in [5, 5.41) is 10.0. The molecule has 1 fully saturated rings. The number of piperidine rings is 1. The lowest BCUT2D eigenvalue weighted by Crippen LogP contribution is -2.46. The highest BCUT2D eigenvalue weighted by molar-refractivity contribution is 7.80. The summed E-state index contributed by atoms with van der Waals surface area (Å²) in [7, 11) is 0. The van der Waals surface area contributed by atoms with Gasteiger partial charge in [0.2, 0.25) is 0 Å². The van der Waals surface area contributed by atoms with E-state index in [-0.39, 0.29) is 18.6 Å². The number of imidazole rings is 1. The second-order valence-electron chi connectivity index (χ2n) is 8.25. The fourth-order valence-electron chi connectivity index (χ4n) is 3.78. The number of benzene rings is 1. The van der Waals surface area contributed by atoms with Crippen LogP contribution in [0.15, 0.2) is 36.8 Å². The van der Waals surface area contributed by atoms with E-state index >= 15 is 0 Å². The number of carbonyl (C=O) groups is 1. The van der Waals surface area contributed by atoms with Crippen molar-refractivity contribution in [3.63, 3.8) is 0 Å². The van der Waals surface area contributed by atoms with Gasteiger partial charge in [-0.2, -0.15) is 0 Å². The average molecular weight is 474 g/mol. The van der Waals surface area contributed by atoms with Crippen molar-refractivity contribution in [3.05, 3.63) is 42.5 Å². The van der Waals surface area contributed by atoms with Crippen molar-refractivity contribution in [2.75, 3.05) is 44.6 Å². The SMILES string of the molecule is Cc1cncn1CCCNC(=S)Nc1ccc(OCC(=O)NC2CCN(CCN)CC2)cc1. The zero-order valence-corrected chi connectivity index (χ0v) is 20.1. The molecular formula is C23H35N7O2S. The molecule has 0 spiro atoms. The zero-order chi connectivity index (χ0) is 23.5. The minimum atomic E-state index is -0.0919. The number of carbonyl (C=O) groups excluding carboxylic acids is 1.